The summed E-state index contributed by atoms with van der Waals surface area (Å²) in [7, 11) is 3.68. The fraction of sp³-hybridized carbons (Fsp3) is 0.111. The highest BCUT2D eigenvalue weighted by atomic mass is 16.5. The van der Waals surface area contributed by atoms with Crippen LogP contribution in [0.3, 0.4) is 0 Å². The maximum absolute atomic E-state index is 12.2. The van der Waals surface area contributed by atoms with Crippen LogP contribution in [0.1, 0.15) is 6.92 Å². The predicted molar refractivity (Wildman–Crippen MR) is 140 cm³/mol. The summed E-state index contributed by atoms with van der Waals surface area (Å²) in [6, 6.07) is 24.6. The molecular formula is C27H29N5O2. The van der Waals surface area contributed by atoms with E-state index in [-0.39, 0.29) is 0 Å². The fourth-order valence-corrected chi connectivity index (χ4v) is 3.45. The van der Waals surface area contributed by atoms with Crippen molar-refractivity contribution in [2.24, 2.45) is 10.7 Å². The molecule has 0 heterocycles. The molecule has 0 atom stereocenters. The lowest BCUT2D eigenvalue weighted by atomic mass is 10.2. The van der Waals surface area contributed by atoms with Gasteiger partial charge in [0.15, 0.2) is 5.84 Å². The van der Waals surface area contributed by atoms with Gasteiger partial charge in [-0.25, -0.2) is 4.99 Å². The summed E-state index contributed by atoms with van der Waals surface area (Å²) in [5.41, 5.74) is 9.71. The normalized spacial score (nSPS) is 11.8. The molecular weight excluding hydrogens is 426 g/mol. The van der Waals surface area contributed by atoms with Gasteiger partial charge in [-0.1, -0.05) is 30.8 Å². The van der Waals surface area contributed by atoms with Crippen molar-refractivity contribution >= 4 is 29.3 Å². The number of hydrogen-bond donors (Lipinski definition) is 2. The Morgan fingerprint density at radius 1 is 1.00 bits per heavy atom. The SMILES string of the molecule is C=CN=C(/C(=C(\C)N)N(C)c1ccc(Oc2ccccc2)cc1)N(C=O)c1cccc(NC)c1. The molecule has 0 bridgehead atoms. The number of nitrogens with two attached hydrogens (primary N) is 1. The smallest absolute Gasteiger partial charge is 0.219 e. The maximum atomic E-state index is 12.2. The molecule has 1 amide bonds. The van der Waals surface area contributed by atoms with Gasteiger partial charge in [0.05, 0.1) is 5.69 Å². The third-order valence-corrected chi connectivity index (χ3v) is 5.08. The largest absolute Gasteiger partial charge is 0.457 e. The van der Waals surface area contributed by atoms with Crippen LogP contribution in [-0.4, -0.2) is 26.3 Å². The first-order chi connectivity index (χ1) is 16.5. The standard InChI is InChI=1S/C27H29N5O2/c1-5-30-27(32(19-33)23-11-9-10-21(18-23)29-3)26(20(2)28)31(4)22-14-16-25(17-15-22)34-24-12-7-6-8-13-24/h5-19,29H,1,28H2,2-4H3/b26-20-,30-27?. The molecule has 0 saturated carbocycles. The van der Waals surface area contributed by atoms with E-state index in [0.29, 0.717) is 35.1 Å². The highest BCUT2D eigenvalue weighted by Crippen LogP contribution is 2.28. The van der Waals surface area contributed by atoms with Crippen LogP contribution in [0.15, 0.2) is 108 Å². The monoisotopic (exact) mass is 455 g/mol. The van der Waals surface area contributed by atoms with Gasteiger partial charge in [-0.3, -0.25) is 9.69 Å². The van der Waals surface area contributed by atoms with Crippen LogP contribution in [0.5, 0.6) is 11.5 Å². The summed E-state index contributed by atoms with van der Waals surface area (Å²) in [6.07, 6.45) is 2.10. The number of allylic oxidation sites excluding steroid dienone is 1. The van der Waals surface area contributed by atoms with Crippen LogP contribution in [-0.2, 0) is 4.79 Å². The number of nitrogens with one attached hydrogen (secondary N) is 1. The third-order valence-electron chi connectivity index (χ3n) is 5.08. The van der Waals surface area contributed by atoms with Crippen LogP contribution >= 0.6 is 0 Å². The van der Waals surface area contributed by atoms with Crippen molar-refractivity contribution in [3.63, 3.8) is 0 Å². The molecule has 0 radical (unpaired) electrons. The molecule has 0 unspecified atom stereocenters. The zero-order valence-corrected chi connectivity index (χ0v) is 19.6. The second-order valence-electron chi connectivity index (χ2n) is 7.41. The van der Waals surface area contributed by atoms with E-state index < -0.39 is 0 Å². The lowest BCUT2D eigenvalue weighted by molar-refractivity contribution is -0.106. The van der Waals surface area contributed by atoms with Crippen molar-refractivity contribution in [3.8, 4) is 11.5 Å². The second kappa shape index (κ2) is 11.4. The number of amidine groups is 1. The maximum Gasteiger partial charge on any atom is 0.219 e. The van der Waals surface area contributed by atoms with E-state index in [0.717, 1.165) is 17.1 Å². The molecule has 0 aliphatic rings. The Balaban J connectivity index is 1.95. The molecule has 3 aromatic carbocycles. The van der Waals surface area contributed by atoms with E-state index in [2.05, 4.69) is 16.9 Å². The molecule has 0 saturated heterocycles. The summed E-state index contributed by atoms with van der Waals surface area (Å²) >= 11 is 0. The van der Waals surface area contributed by atoms with Crippen LogP contribution in [0.4, 0.5) is 17.1 Å². The Hall–Kier alpha value is -4.52. The number of benzene rings is 3. The molecule has 174 valence electrons. The van der Waals surface area contributed by atoms with Gasteiger partial charge in [-0.15, -0.1) is 0 Å². The van der Waals surface area contributed by atoms with Crippen LogP contribution < -0.4 is 25.6 Å². The van der Waals surface area contributed by atoms with Gasteiger partial charge in [0.1, 0.15) is 17.2 Å². The van der Waals surface area contributed by atoms with Crippen molar-refractivity contribution in [3.05, 3.63) is 103 Å². The number of para-hydroxylation sites is 1. The molecule has 0 fully saturated rings. The highest BCUT2D eigenvalue weighted by Gasteiger charge is 2.23. The van der Waals surface area contributed by atoms with Crippen molar-refractivity contribution in [2.75, 3.05) is 29.2 Å². The zero-order valence-electron chi connectivity index (χ0n) is 19.6. The van der Waals surface area contributed by atoms with E-state index >= 15 is 0 Å². The minimum Gasteiger partial charge on any atom is -0.457 e. The molecule has 7 nitrogen and oxygen atoms in total. The minimum absolute atomic E-state index is 0.352. The molecule has 34 heavy (non-hydrogen) atoms. The number of carbonyl (C=O) groups excluding carboxylic acids is 1. The Morgan fingerprint density at radius 2 is 1.68 bits per heavy atom. The average Bonchev–Trinajstić information content (AvgIpc) is 2.85. The first-order valence-electron chi connectivity index (χ1n) is 10.7. The molecule has 3 rings (SSSR count). The van der Waals surface area contributed by atoms with Gasteiger partial charge in [-0.2, -0.15) is 0 Å². The first kappa shape index (κ1) is 24.1. The Kier molecular flexibility index (Phi) is 8.07. The van der Waals surface area contributed by atoms with Gasteiger partial charge < -0.3 is 20.7 Å². The van der Waals surface area contributed by atoms with Gasteiger partial charge in [-0.05, 0) is 61.5 Å². The average molecular weight is 456 g/mol. The van der Waals surface area contributed by atoms with Crippen molar-refractivity contribution in [1.82, 2.24) is 0 Å². The van der Waals surface area contributed by atoms with Gasteiger partial charge in [0.25, 0.3) is 0 Å². The summed E-state index contributed by atoms with van der Waals surface area (Å²) in [5.74, 6) is 1.81. The molecule has 7 heteroatoms. The van der Waals surface area contributed by atoms with Crippen LogP contribution in [0, 0.1) is 0 Å². The third kappa shape index (κ3) is 5.63. The molecule has 0 spiro atoms. The van der Waals surface area contributed by atoms with Crippen LogP contribution in [0.2, 0.25) is 0 Å². The number of aliphatic imine (C=N–C) groups is 1. The van der Waals surface area contributed by atoms with E-state index in [4.69, 9.17) is 10.5 Å². The van der Waals surface area contributed by atoms with E-state index in [9.17, 15) is 4.79 Å². The van der Waals surface area contributed by atoms with E-state index in [1.807, 2.05) is 97.9 Å². The Morgan fingerprint density at radius 3 is 2.26 bits per heavy atom. The number of amides is 1. The summed E-state index contributed by atoms with van der Waals surface area (Å²) in [6.45, 7) is 5.50. The molecule has 0 aliphatic heterocycles. The molecule has 3 aromatic rings. The summed E-state index contributed by atoms with van der Waals surface area (Å²) in [5, 5.41) is 3.08. The van der Waals surface area contributed by atoms with Crippen molar-refractivity contribution in [2.45, 2.75) is 6.92 Å². The van der Waals surface area contributed by atoms with Crippen molar-refractivity contribution < 1.29 is 9.53 Å². The number of rotatable bonds is 9. The number of anilines is 3. The number of likely N-dealkylation sites (N-methyl/N-ethyl adjacent to an activating group) is 1. The zero-order chi connectivity index (χ0) is 24.5. The number of ether oxygens (including phenoxy) is 1. The molecule has 0 aromatic heterocycles. The molecule has 3 N–H and O–H groups in total. The second-order valence-corrected chi connectivity index (χ2v) is 7.41. The number of carbonyl (C=O) groups is 1. The molecule has 0 aliphatic carbocycles. The first-order valence-corrected chi connectivity index (χ1v) is 10.7. The van der Waals surface area contributed by atoms with Gasteiger partial charge in [0.2, 0.25) is 6.41 Å². The number of nitrogens with zero attached hydrogens (tertiary/aromatic N) is 3. The predicted octanol–water partition coefficient (Wildman–Crippen LogP) is 5.35. The van der Waals surface area contributed by atoms with Gasteiger partial charge >= 0.3 is 0 Å². The highest BCUT2D eigenvalue weighted by molar-refractivity contribution is 6.20. The Labute approximate surface area is 200 Å². The summed E-state index contributed by atoms with van der Waals surface area (Å²) in [4.78, 5) is 20.0. The lowest BCUT2D eigenvalue weighted by Gasteiger charge is -2.29. The fourth-order valence-electron chi connectivity index (χ4n) is 3.45. The van der Waals surface area contributed by atoms with Crippen LogP contribution in [0.25, 0.3) is 0 Å². The van der Waals surface area contributed by atoms with E-state index in [1.165, 1.54) is 11.1 Å². The quantitative estimate of drug-likeness (QED) is 0.258. The topological polar surface area (TPSA) is 83.2 Å². The van der Waals surface area contributed by atoms with E-state index in [1.54, 1.807) is 6.92 Å². The minimum atomic E-state index is 0.352. The lowest BCUT2D eigenvalue weighted by Crippen LogP contribution is -2.38. The summed E-state index contributed by atoms with van der Waals surface area (Å²) < 4.78 is 5.89. The Bertz CT molecular complexity index is 1180. The number of hydrogen-bond acceptors (Lipinski definition) is 6. The van der Waals surface area contributed by atoms with Gasteiger partial charge in [0, 0.05) is 37.4 Å². The van der Waals surface area contributed by atoms with Crippen molar-refractivity contribution in [1.29, 1.82) is 0 Å².